The number of nitrogens with one attached hydrogen (secondary N) is 2. The monoisotopic (exact) mass is 471 g/mol. The maximum absolute atomic E-state index is 13.1. The summed E-state index contributed by atoms with van der Waals surface area (Å²) >= 11 is 0. The van der Waals surface area contributed by atoms with Gasteiger partial charge in [0.1, 0.15) is 5.60 Å². The van der Waals surface area contributed by atoms with Crippen LogP contribution >= 0.6 is 0 Å². The molecule has 4 N–H and O–H groups in total. The van der Waals surface area contributed by atoms with E-state index in [1.165, 1.54) is 16.4 Å². The first kappa shape index (κ1) is 22.9. The number of carbonyl (C=O) groups excluding carboxylic acids is 1. The molecule has 3 aromatic rings. The Labute approximate surface area is 193 Å². The average molecular weight is 472 g/mol. The number of alkyl carbamates (subject to hydrolysis) is 1. The number of aromatic nitrogens is 2. The van der Waals surface area contributed by atoms with Gasteiger partial charge in [-0.3, -0.25) is 0 Å². The minimum absolute atomic E-state index is 0.0149. The number of ether oxygens (including phenoxy) is 1. The van der Waals surface area contributed by atoms with E-state index >= 15 is 0 Å². The molecule has 1 saturated carbocycles. The topological polar surface area (TPSA) is 128 Å². The molecule has 0 saturated heterocycles. The molecular formula is C23H29N5O4S. The van der Waals surface area contributed by atoms with Crippen molar-refractivity contribution in [2.75, 3.05) is 11.1 Å². The van der Waals surface area contributed by atoms with Crippen LogP contribution < -0.4 is 16.4 Å². The van der Waals surface area contributed by atoms with Crippen LogP contribution in [0.25, 0.3) is 11.0 Å². The number of carbonyl (C=O) groups is 1. The van der Waals surface area contributed by atoms with Crippen LogP contribution in [0.2, 0.25) is 0 Å². The molecule has 0 aliphatic heterocycles. The van der Waals surface area contributed by atoms with Gasteiger partial charge < -0.3 is 21.1 Å². The number of fused-ring (bicyclic) bond motifs is 1. The molecule has 1 aliphatic carbocycles. The molecule has 2 heterocycles. The van der Waals surface area contributed by atoms with Gasteiger partial charge in [0.25, 0.3) is 10.0 Å². The molecule has 1 fully saturated rings. The SMILES string of the molecule is CC(C)(C)OC(=O)N[C@@H]1CC[C@H](Nc2c(N)cnc3c2ccn3S(=O)(=O)c2ccccc2)C1. The zero-order chi connectivity index (χ0) is 23.8. The van der Waals surface area contributed by atoms with E-state index in [1.54, 1.807) is 36.4 Å². The third kappa shape index (κ3) is 4.90. The van der Waals surface area contributed by atoms with E-state index < -0.39 is 21.7 Å². The Balaban J connectivity index is 1.54. The van der Waals surface area contributed by atoms with E-state index in [9.17, 15) is 13.2 Å². The van der Waals surface area contributed by atoms with Gasteiger partial charge in [-0.15, -0.1) is 0 Å². The van der Waals surface area contributed by atoms with Crippen molar-refractivity contribution in [1.82, 2.24) is 14.3 Å². The summed E-state index contributed by atoms with van der Waals surface area (Å²) in [6, 6.07) is 9.97. The number of nitrogen functional groups attached to an aromatic ring is 1. The molecule has 1 aliphatic rings. The van der Waals surface area contributed by atoms with Gasteiger partial charge in [0.2, 0.25) is 0 Å². The number of anilines is 2. The Hall–Kier alpha value is -3.27. The fourth-order valence-electron chi connectivity index (χ4n) is 4.06. The molecule has 176 valence electrons. The van der Waals surface area contributed by atoms with Gasteiger partial charge in [-0.1, -0.05) is 18.2 Å². The van der Waals surface area contributed by atoms with Crippen LogP contribution in [0.3, 0.4) is 0 Å². The highest BCUT2D eigenvalue weighted by Crippen LogP contribution is 2.33. The zero-order valence-electron chi connectivity index (χ0n) is 18.9. The van der Waals surface area contributed by atoms with Crippen LogP contribution in [-0.4, -0.2) is 41.2 Å². The van der Waals surface area contributed by atoms with Crippen molar-refractivity contribution in [3.8, 4) is 0 Å². The maximum Gasteiger partial charge on any atom is 0.407 e. The van der Waals surface area contributed by atoms with Crippen molar-refractivity contribution in [2.45, 2.75) is 62.6 Å². The third-order valence-corrected chi connectivity index (χ3v) is 7.19. The Bertz CT molecular complexity index is 1270. The second-order valence-corrected chi connectivity index (χ2v) is 11.1. The van der Waals surface area contributed by atoms with Crippen molar-refractivity contribution >= 4 is 38.5 Å². The Morgan fingerprint density at radius 2 is 1.85 bits per heavy atom. The number of hydrogen-bond donors (Lipinski definition) is 3. The van der Waals surface area contributed by atoms with E-state index in [0.717, 1.165) is 12.8 Å². The fraction of sp³-hybridized carbons (Fsp3) is 0.391. The Morgan fingerprint density at radius 1 is 1.15 bits per heavy atom. The van der Waals surface area contributed by atoms with Crippen molar-refractivity contribution in [1.29, 1.82) is 0 Å². The number of pyridine rings is 1. The largest absolute Gasteiger partial charge is 0.444 e. The molecule has 9 nitrogen and oxygen atoms in total. The fourth-order valence-corrected chi connectivity index (χ4v) is 5.38. The number of amides is 1. The van der Waals surface area contributed by atoms with Crippen LogP contribution in [0.1, 0.15) is 40.0 Å². The van der Waals surface area contributed by atoms with Gasteiger partial charge in [-0.25, -0.2) is 22.2 Å². The molecule has 1 aromatic carbocycles. The molecular weight excluding hydrogens is 442 g/mol. The summed E-state index contributed by atoms with van der Waals surface area (Å²) in [5.41, 5.74) is 7.03. The van der Waals surface area contributed by atoms with Crippen molar-refractivity contribution in [2.24, 2.45) is 0 Å². The van der Waals surface area contributed by atoms with Crippen LogP contribution in [0, 0.1) is 0 Å². The number of benzene rings is 1. The Kier molecular flexibility index (Phi) is 5.96. The van der Waals surface area contributed by atoms with Gasteiger partial charge in [0, 0.05) is 23.7 Å². The first-order valence-electron chi connectivity index (χ1n) is 10.9. The average Bonchev–Trinajstić information content (AvgIpc) is 3.36. The Morgan fingerprint density at radius 3 is 2.55 bits per heavy atom. The summed E-state index contributed by atoms with van der Waals surface area (Å²) in [7, 11) is -3.79. The molecule has 2 aromatic heterocycles. The summed E-state index contributed by atoms with van der Waals surface area (Å²) in [5, 5.41) is 6.98. The highest BCUT2D eigenvalue weighted by molar-refractivity contribution is 7.90. The van der Waals surface area contributed by atoms with E-state index in [-0.39, 0.29) is 17.0 Å². The predicted octanol–water partition coefficient (Wildman–Crippen LogP) is 3.71. The van der Waals surface area contributed by atoms with E-state index in [0.29, 0.717) is 28.8 Å². The lowest BCUT2D eigenvalue weighted by Gasteiger charge is -2.22. The second kappa shape index (κ2) is 8.58. The highest BCUT2D eigenvalue weighted by atomic mass is 32.2. The first-order valence-corrected chi connectivity index (χ1v) is 12.3. The minimum Gasteiger partial charge on any atom is -0.444 e. The minimum atomic E-state index is -3.79. The summed E-state index contributed by atoms with van der Waals surface area (Å²) in [5.74, 6) is 0. The van der Waals surface area contributed by atoms with Gasteiger partial charge >= 0.3 is 6.09 Å². The van der Waals surface area contributed by atoms with Gasteiger partial charge in [0.05, 0.1) is 22.5 Å². The molecule has 2 atom stereocenters. The van der Waals surface area contributed by atoms with E-state index in [1.807, 2.05) is 20.8 Å². The molecule has 0 bridgehead atoms. The first-order chi connectivity index (χ1) is 15.5. The van der Waals surface area contributed by atoms with Crippen molar-refractivity contribution < 1.29 is 17.9 Å². The van der Waals surface area contributed by atoms with E-state index in [4.69, 9.17) is 10.5 Å². The van der Waals surface area contributed by atoms with Crippen molar-refractivity contribution in [3.05, 3.63) is 48.8 Å². The molecule has 10 heteroatoms. The lowest BCUT2D eigenvalue weighted by Crippen LogP contribution is -2.38. The van der Waals surface area contributed by atoms with Crippen LogP contribution in [0.4, 0.5) is 16.2 Å². The number of hydrogen-bond acceptors (Lipinski definition) is 7. The maximum atomic E-state index is 13.1. The van der Waals surface area contributed by atoms with Crippen LogP contribution in [-0.2, 0) is 14.8 Å². The molecule has 1 amide bonds. The van der Waals surface area contributed by atoms with Gasteiger partial charge in [0.15, 0.2) is 5.65 Å². The quantitative estimate of drug-likeness (QED) is 0.517. The molecule has 0 radical (unpaired) electrons. The van der Waals surface area contributed by atoms with E-state index in [2.05, 4.69) is 15.6 Å². The molecule has 0 spiro atoms. The number of nitrogens with two attached hydrogens (primary N) is 1. The molecule has 33 heavy (non-hydrogen) atoms. The van der Waals surface area contributed by atoms with Crippen LogP contribution in [0.15, 0.2) is 53.7 Å². The predicted molar refractivity (Wildman–Crippen MR) is 128 cm³/mol. The third-order valence-electron chi connectivity index (χ3n) is 5.51. The summed E-state index contributed by atoms with van der Waals surface area (Å²) in [6.07, 6.45) is 4.86. The zero-order valence-corrected chi connectivity index (χ0v) is 19.7. The smallest absolute Gasteiger partial charge is 0.407 e. The van der Waals surface area contributed by atoms with Gasteiger partial charge in [-0.2, -0.15) is 0 Å². The highest BCUT2D eigenvalue weighted by Gasteiger charge is 2.29. The molecule has 0 unspecified atom stereocenters. The summed E-state index contributed by atoms with van der Waals surface area (Å²) in [4.78, 5) is 16.6. The summed E-state index contributed by atoms with van der Waals surface area (Å²) in [6.45, 7) is 5.48. The van der Waals surface area contributed by atoms with Crippen LogP contribution in [0.5, 0.6) is 0 Å². The number of rotatable bonds is 5. The van der Waals surface area contributed by atoms with Gasteiger partial charge in [-0.05, 0) is 58.2 Å². The lowest BCUT2D eigenvalue weighted by molar-refractivity contribution is 0.0505. The van der Waals surface area contributed by atoms with Crippen molar-refractivity contribution in [3.63, 3.8) is 0 Å². The molecule has 4 rings (SSSR count). The normalized spacial score (nSPS) is 18.9. The summed E-state index contributed by atoms with van der Waals surface area (Å²) < 4.78 is 32.7. The number of nitrogens with zero attached hydrogens (tertiary/aromatic N) is 2. The standard InChI is InChI=1S/C23H29N5O4S/c1-23(2,3)32-22(29)27-16-10-9-15(13-16)26-20-18-11-12-28(21(18)25-14-19(20)24)33(30,31)17-7-5-4-6-8-17/h4-8,11-12,14-16H,9-10,13,24H2,1-3H3,(H,25,26)(H,27,29)/t15-,16+/m0/s1. The second-order valence-electron chi connectivity index (χ2n) is 9.25. The lowest BCUT2D eigenvalue weighted by atomic mass is 10.2.